The SMILES string of the molecule is C1=CC2=C(CC1)N(c1ccc3c(-c4cc5ccccc5c5ccccc45)c4cc(N5c6ccccc6CCc6ccccc65)ccc4c(-c4cc5ccccc5c5ccccc45)c3c1)c1ccccc1CC2. The van der Waals surface area contributed by atoms with Crippen molar-refractivity contribution in [3.63, 3.8) is 0 Å². The Balaban J connectivity index is 1.13. The highest BCUT2D eigenvalue weighted by Crippen LogP contribution is 2.53. The van der Waals surface area contributed by atoms with Crippen LogP contribution in [-0.4, -0.2) is 0 Å². The predicted molar refractivity (Wildman–Crippen MR) is 307 cm³/mol. The largest absolute Gasteiger partial charge is 0.314 e. The van der Waals surface area contributed by atoms with E-state index in [0.29, 0.717) is 0 Å². The predicted octanol–water partition coefficient (Wildman–Crippen LogP) is 19.2. The molecular formula is C70H50N2. The average Bonchev–Trinajstić information content (AvgIpc) is 3.72. The smallest absolute Gasteiger partial charge is 0.0493 e. The molecule has 0 atom stereocenters. The maximum atomic E-state index is 2.62. The van der Waals surface area contributed by atoms with Crippen LogP contribution >= 0.6 is 0 Å². The zero-order valence-electron chi connectivity index (χ0n) is 40.1. The molecule has 340 valence electrons. The molecule has 2 heterocycles. The third-order valence-corrected chi connectivity index (χ3v) is 16.2. The molecule has 0 bridgehead atoms. The molecule has 72 heavy (non-hydrogen) atoms. The van der Waals surface area contributed by atoms with Crippen LogP contribution in [0.5, 0.6) is 0 Å². The van der Waals surface area contributed by atoms with E-state index in [4.69, 9.17) is 0 Å². The van der Waals surface area contributed by atoms with Crippen LogP contribution in [-0.2, 0) is 19.3 Å². The fraction of sp³-hybridized carbons (Fsp3) is 0.0857. The number of aryl methyl sites for hydroxylation is 3. The van der Waals surface area contributed by atoms with Crippen molar-refractivity contribution < 1.29 is 0 Å². The third kappa shape index (κ3) is 6.35. The van der Waals surface area contributed by atoms with Crippen LogP contribution in [0.1, 0.15) is 36.0 Å². The van der Waals surface area contributed by atoms with Crippen LogP contribution in [0.4, 0.5) is 28.4 Å². The highest BCUT2D eigenvalue weighted by Gasteiger charge is 2.29. The monoisotopic (exact) mass is 918 g/mol. The summed E-state index contributed by atoms with van der Waals surface area (Å²) >= 11 is 0. The molecule has 2 heteroatoms. The zero-order chi connectivity index (χ0) is 47.3. The van der Waals surface area contributed by atoms with Crippen molar-refractivity contribution in [1.82, 2.24) is 0 Å². The molecule has 15 rings (SSSR count). The van der Waals surface area contributed by atoms with E-state index in [0.717, 1.165) is 44.2 Å². The molecule has 0 aromatic heterocycles. The summed E-state index contributed by atoms with van der Waals surface area (Å²) in [4.78, 5) is 5.16. The lowest BCUT2D eigenvalue weighted by Crippen LogP contribution is -2.19. The number of allylic oxidation sites excluding steroid dienone is 4. The molecule has 0 unspecified atom stereocenters. The van der Waals surface area contributed by atoms with E-state index in [1.165, 1.54) is 138 Å². The van der Waals surface area contributed by atoms with Crippen LogP contribution < -0.4 is 9.80 Å². The molecule has 1 aliphatic carbocycles. The number of anilines is 5. The van der Waals surface area contributed by atoms with Crippen LogP contribution in [0.2, 0.25) is 0 Å². The number of benzene rings is 12. The van der Waals surface area contributed by atoms with Crippen molar-refractivity contribution >= 4 is 93.1 Å². The zero-order valence-corrected chi connectivity index (χ0v) is 40.1. The van der Waals surface area contributed by atoms with Crippen molar-refractivity contribution in [3.8, 4) is 22.3 Å². The van der Waals surface area contributed by atoms with Gasteiger partial charge in [0, 0.05) is 34.1 Å². The van der Waals surface area contributed by atoms with Gasteiger partial charge in [-0.2, -0.15) is 0 Å². The second kappa shape index (κ2) is 16.4. The Bertz CT molecular complexity index is 4260. The summed E-state index contributed by atoms with van der Waals surface area (Å²) in [5.74, 6) is 0. The first kappa shape index (κ1) is 41.1. The summed E-state index contributed by atoms with van der Waals surface area (Å²) in [5.41, 5.74) is 18.2. The summed E-state index contributed by atoms with van der Waals surface area (Å²) in [6, 6.07) is 83.1. The van der Waals surface area contributed by atoms with Crippen molar-refractivity contribution in [2.24, 2.45) is 0 Å². The van der Waals surface area contributed by atoms with Gasteiger partial charge in [0.15, 0.2) is 0 Å². The first-order chi connectivity index (χ1) is 35.7. The first-order valence-electron chi connectivity index (χ1n) is 25.8. The Labute approximate surface area is 420 Å². The van der Waals surface area contributed by atoms with E-state index >= 15 is 0 Å². The van der Waals surface area contributed by atoms with Gasteiger partial charge in [0.1, 0.15) is 0 Å². The molecule has 2 nitrogen and oxygen atoms in total. The summed E-state index contributed by atoms with van der Waals surface area (Å²) in [6.07, 6.45) is 10.9. The molecule has 0 saturated carbocycles. The third-order valence-electron chi connectivity index (χ3n) is 16.2. The van der Waals surface area contributed by atoms with E-state index < -0.39 is 0 Å². The lowest BCUT2D eigenvalue weighted by atomic mass is 9.82. The Morgan fingerprint density at radius 3 is 1.24 bits per heavy atom. The van der Waals surface area contributed by atoms with E-state index in [-0.39, 0.29) is 0 Å². The van der Waals surface area contributed by atoms with Crippen molar-refractivity contribution in [2.75, 3.05) is 9.80 Å². The number of hydrogen-bond acceptors (Lipinski definition) is 2. The van der Waals surface area contributed by atoms with Gasteiger partial charge in [-0.1, -0.05) is 176 Å². The highest BCUT2D eigenvalue weighted by atomic mass is 15.2. The Morgan fingerprint density at radius 1 is 0.292 bits per heavy atom. The standard InChI is InChI=1S/C70H50N2/c1-7-23-53-49(21-1)41-61(57-27-11-9-25-55(53)57)69-59-39-37-52(72-67-31-15-5-19-47(67)35-36-48-20-6-16-32-68(48)72)44-64(59)70(62-42-50-22-2-8-24-54(50)56-26-10-12-28-58(56)62)60-40-38-51(43-63(60)69)71-65-29-13-3-17-45(65)33-34-46-18-4-14-30-66(46)71/h1-15,17-31,37-44H,16,32-36H2. The molecule has 0 saturated heterocycles. The quantitative estimate of drug-likeness (QED) is 0.128. The fourth-order valence-electron chi connectivity index (χ4n) is 13.0. The summed E-state index contributed by atoms with van der Waals surface area (Å²) < 4.78 is 0. The maximum absolute atomic E-state index is 2.62. The summed E-state index contributed by atoms with van der Waals surface area (Å²) in [7, 11) is 0. The minimum atomic E-state index is 0.994. The van der Waals surface area contributed by atoms with Crippen LogP contribution in [0.15, 0.2) is 242 Å². The van der Waals surface area contributed by atoms with Crippen molar-refractivity contribution in [1.29, 1.82) is 0 Å². The molecule has 12 aromatic rings. The number of fused-ring (bicyclic) bond motifs is 11. The molecule has 12 aromatic carbocycles. The average molecular weight is 919 g/mol. The van der Waals surface area contributed by atoms with E-state index in [1.54, 1.807) is 0 Å². The first-order valence-corrected chi connectivity index (χ1v) is 25.8. The Morgan fingerprint density at radius 2 is 0.708 bits per heavy atom. The van der Waals surface area contributed by atoms with Gasteiger partial charge in [0.25, 0.3) is 0 Å². The molecule has 3 aliphatic rings. The number of rotatable bonds is 4. The minimum absolute atomic E-state index is 0.994. The Hall–Kier alpha value is -8.72. The topological polar surface area (TPSA) is 6.48 Å². The van der Waals surface area contributed by atoms with Gasteiger partial charge in [0.2, 0.25) is 0 Å². The van der Waals surface area contributed by atoms with Crippen molar-refractivity contribution in [2.45, 2.75) is 38.5 Å². The molecular weight excluding hydrogens is 869 g/mol. The van der Waals surface area contributed by atoms with E-state index in [1.807, 2.05) is 0 Å². The van der Waals surface area contributed by atoms with Crippen molar-refractivity contribution in [3.05, 3.63) is 259 Å². The van der Waals surface area contributed by atoms with Gasteiger partial charge < -0.3 is 9.80 Å². The van der Waals surface area contributed by atoms with Gasteiger partial charge in [-0.15, -0.1) is 0 Å². The van der Waals surface area contributed by atoms with Gasteiger partial charge in [0.05, 0.1) is 0 Å². The normalized spacial score (nSPS) is 14.4. The van der Waals surface area contributed by atoms with Crippen LogP contribution in [0.25, 0.3) is 86.9 Å². The molecule has 2 aliphatic heterocycles. The minimum Gasteiger partial charge on any atom is -0.314 e. The van der Waals surface area contributed by atoms with Gasteiger partial charge in [-0.3, -0.25) is 0 Å². The van der Waals surface area contributed by atoms with E-state index in [2.05, 4.69) is 240 Å². The molecule has 0 amide bonds. The summed E-state index contributed by atoms with van der Waals surface area (Å²) in [5, 5.41) is 15.1. The summed E-state index contributed by atoms with van der Waals surface area (Å²) in [6.45, 7) is 0. The lowest BCUT2D eigenvalue weighted by molar-refractivity contribution is 0.874. The highest BCUT2D eigenvalue weighted by molar-refractivity contribution is 6.29. The van der Waals surface area contributed by atoms with Crippen LogP contribution in [0.3, 0.4) is 0 Å². The molecule has 0 spiro atoms. The Kier molecular flexibility index (Phi) is 9.38. The number of hydrogen-bond donors (Lipinski definition) is 0. The van der Waals surface area contributed by atoms with Crippen LogP contribution in [0, 0.1) is 0 Å². The van der Waals surface area contributed by atoms with Gasteiger partial charge in [-0.05, 0) is 202 Å². The second-order valence-corrected chi connectivity index (χ2v) is 20.1. The molecule has 0 radical (unpaired) electrons. The molecule has 0 fully saturated rings. The second-order valence-electron chi connectivity index (χ2n) is 20.1. The van der Waals surface area contributed by atoms with Gasteiger partial charge >= 0.3 is 0 Å². The molecule has 0 N–H and O–H groups in total. The number of nitrogens with zero attached hydrogens (tertiary/aromatic N) is 2. The fourth-order valence-corrected chi connectivity index (χ4v) is 13.0. The lowest BCUT2D eigenvalue weighted by Gasteiger charge is -2.31. The van der Waals surface area contributed by atoms with Gasteiger partial charge in [-0.25, -0.2) is 0 Å². The maximum Gasteiger partial charge on any atom is 0.0493 e. The van der Waals surface area contributed by atoms with E-state index in [9.17, 15) is 0 Å². The number of para-hydroxylation sites is 3.